The number of aryl methyl sites for hydroxylation is 1. The predicted octanol–water partition coefficient (Wildman–Crippen LogP) is 3.00. The maximum absolute atomic E-state index is 12.1. The van der Waals surface area contributed by atoms with E-state index >= 15 is 0 Å². The van der Waals surface area contributed by atoms with E-state index in [-0.39, 0.29) is 5.91 Å². The Kier molecular flexibility index (Phi) is 7.83. The van der Waals surface area contributed by atoms with Crippen LogP contribution in [0.15, 0.2) is 18.2 Å². The smallest absolute Gasteiger partial charge is 0.251 e. The van der Waals surface area contributed by atoms with Crippen LogP contribution in [-0.4, -0.2) is 39.3 Å². The van der Waals surface area contributed by atoms with Gasteiger partial charge in [0.05, 0.1) is 6.61 Å². The van der Waals surface area contributed by atoms with E-state index in [9.17, 15) is 4.79 Å². The number of nitrogens with zero attached hydrogens (tertiary/aromatic N) is 1. The molecule has 0 bridgehead atoms. The van der Waals surface area contributed by atoms with Gasteiger partial charge in [0.15, 0.2) is 0 Å². The van der Waals surface area contributed by atoms with Crippen molar-refractivity contribution in [3.63, 3.8) is 0 Å². The van der Waals surface area contributed by atoms with Crippen LogP contribution in [0.4, 0.5) is 5.69 Å². The highest BCUT2D eigenvalue weighted by atomic mass is 16.5. The van der Waals surface area contributed by atoms with Gasteiger partial charge in [0, 0.05) is 38.0 Å². The molecule has 0 aromatic heterocycles. The van der Waals surface area contributed by atoms with Crippen LogP contribution in [-0.2, 0) is 4.74 Å². The number of anilines is 1. The van der Waals surface area contributed by atoms with Crippen molar-refractivity contribution in [2.24, 2.45) is 0 Å². The molecular formula is C17H28N2O2. The van der Waals surface area contributed by atoms with Crippen molar-refractivity contribution in [1.82, 2.24) is 5.32 Å². The Labute approximate surface area is 128 Å². The molecule has 1 aromatic rings. The fourth-order valence-electron chi connectivity index (χ4n) is 2.20. The Bertz CT molecular complexity index is 446. The minimum atomic E-state index is -0.0405. The van der Waals surface area contributed by atoms with E-state index in [2.05, 4.69) is 38.0 Å². The Morgan fingerprint density at radius 3 is 2.67 bits per heavy atom. The third-order valence-corrected chi connectivity index (χ3v) is 3.32. The van der Waals surface area contributed by atoms with E-state index in [0.717, 1.165) is 31.7 Å². The molecule has 0 unspecified atom stereocenters. The fraction of sp³-hybridized carbons (Fsp3) is 0.588. The molecule has 0 aliphatic rings. The second kappa shape index (κ2) is 9.40. The summed E-state index contributed by atoms with van der Waals surface area (Å²) in [6.45, 7) is 9.13. The fourth-order valence-corrected chi connectivity index (χ4v) is 2.20. The number of benzene rings is 1. The number of amides is 1. The molecule has 118 valence electrons. The zero-order valence-electron chi connectivity index (χ0n) is 13.7. The van der Waals surface area contributed by atoms with Crippen molar-refractivity contribution in [1.29, 1.82) is 0 Å². The topological polar surface area (TPSA) is 41.6 Å². The molecule has 0 radical (unpaired) electrons. The second-order valence-corrected chi connectivity index (χ2v) is 5.29. The van der Waals surface area contributed by atoms with Crippen LogP contribution < -0.4 is 10.2 Å². The van der Waals surface area contributed by atoms with Gasteiger partial charge in [-0.3, -0.25) is 4.79 Å². The molecule has 1 amide bonds. The maximum Gasteiger partial charge on any atom is 0.251 e. The minimum Gasteiger partial charge on any atom is -0.380 e. The van der Waals surface area contributed by atoms with Gasteiger partial charge in [0.2, 0.25) is 0 Å². The van der Waals surface area contributed by atoms with E-state index < -0.39 is 0 Å². The number of nitrogens with one attached hydrogen (secondary N) is 1. The summed E-state index contributed by atoms with van der Waals surface area (Å²) in [6.07, 6.45) is 2.08. The van der Waals surface area contributed by atoms with E-state index in [1.165, 1.54) is 5.56 Å². The summed E-state index contributed by atoms with van der Waals surface area (Å²) in [5.74, 6) is -0.0405. The highest BCUT2D eigenvalue weighted by molar-refractivity contribution is 5.95. The van der Waals surface area contributed by atoms with Crippen molar-refractivity contribution in [2.75, 3.05) is 38.3 Å². The Balaban J connectivity index is 2.61. The van der Waals surface area contributed by atoms with Gasteiger partial charge in [0.1, 0.15) is 0 Å². The average molecular weight is 292 g/mol. The highest BCUT2D eigenvalue weighted by Crippen LogP contribution is 2.20. The zero-order chi connectivity index (χ0) is 15.7. The molecule has 21 heavy (non-hydrogen) atoms. The maximum atomic E-state index is 12.1. The summed E-state index contributed by atoms with van der Waals surface area (Å²) in [5.41, 5.74) is 3.01. The molecule has 0 aliphatic heterocycles. The van der Waals surface area contributed by atoms with Crippen molar-refractivity contribution in [3.05, 3.63) is 29.3 Å². The summed E-state index contributed by atoms with van der Waals surface area (Å²) in [4.78, 5) is 14.3. The van der Waals surface area contributed by atoms with Crippen molar-refractivity contribution in [2.45, 2.75) is 33.6 Å². The monoisotopic (exact) mass is 292 g/mol. The van der Waals surface area contributed by atoms with Crippen LogP contribution in [0.2, 0.25) is 0 Å². The molecule has 1 aromatic carbocycles. The Hall–Kier alpha value is -1.55. The number of hydrogen-bond acceptors (Lipinski definition) is 3. The van der Waals surface area contributed by atoms with E-state index in [1.54, 1.807) is 0 Å². The van der Waals surface area contributed by atoms with Crippen molar-refractivity contribution < 1.29 is 9.53 Å². The first kappa shape index (κ1) is 17.5. The summed E-state index contributed by atoms with van der Waals surface area (Å²) < 4.78 is 5.36. The van der Waals surface area contributed by atoms with Crippen LogP contribution in [0.5, 0.6) is 0 Å². The summed E-state index contributed by atoms with van der Waals surface area (Å²) in [7, 11) is 2.06. The van der Waals surface area contributed by atoms with Gasteiger partial charge in [-0.25, -0.2) is 0 Å². The molecule has 0 atom stereocenters. The lowest BCUT2D eigenvalue weighted by Crippen LogP contribution is -2.28. The van der Waals surface area contributed by atoms with Crippen molar-refractivity contribution >= 4 is 11.6 Å². The molecule has 0 heterocycles. The summed E-state index contributed by atoms with van der Waals surface area (Å²) in [6, 6.07) is 5.85. The van der Waals surface area contributed by atoms with E-state index in [4.69, 9.17) is 4.74 Å². The second-order valence-electron chi connectivity index (χ2n) is 5.29. The number of hydrogen-bond donors (Lipinski definition) is 1. The van der Waals surface area contributed by atoms with Gasteiger partial charge >= 0.3 is 0 Å². The van der Waals surface area contributed by atoms with Gasteiger partial charge in [-0.2, -0.15) is 0 Å². The highest BCUT2D eigenvalue weighted by Gasteiger charge is 2.10. The molecular weight excluding hydrogens is 264 g/mol. The number of ether oxygens (including phenoxy) is 1. The van der Waals surface area contributed by atoms with E-state index in [1.807, 2.05) is 18.2 Å². The predicted molar refractivity (Wildman–Crippen MR) is 88.2 cm³/mol. The van der Waals surface area contributed by atoms with Gasteiger partial charge in [-0.15, -0.1) is 0 Å². The van der Waals surface area contributed by atoms with Crippen LogP contribution in [0.25, 0.3) is 0 Å². The molecule has 4 heteroatoms. The zero-order valence-corrected chi connectivity index (χ0v) is 13.7. The molecule has 0 fully saturated rings. The lowest BCUT2D eigenvalue weighted by molar-refractivity contribution is 0.0915. The Morgan fingerprint density at radius 2 is 2.00 bits per heavy atom. The average Bonchev–Trinajstić information content (AvgIpc) is 2.47. The van der Waals surface area contributed by atoms with E-state index in [0.29, 0.717) is 18.7 Å². The van der Waals surface area contributed by atoms with Crippen molar-refractivity contribution in [3.8, 4) is 0 Å². The lowest BCUT2D eigenvalue weighted by Gasteiger charge is -2.21. The third-order valence-electron chi connectivity index (χ3n) is 3.32. The quantitative estimate of drug-likeness (QED) is 0.711. The first-order valence-corrected chi connectivity index (χ1v) is 7.77. The molecule has 0 saturated carbocycles. The van der Waals surface area contributed by atoms with Gasteiger partial charge in [-0.1, -0.05) is 19.9 Å². The van der Waals surface area contributed by atoms with Crippen LogP contribution in [0.3, 0.4) is 0 Å². The largest absolute Gasteiger partial charge is 0.380 e. The summed E-state index contributed by atoms with van der Waals surface area (Å²) in [5, 5.41) is 2.89. The SMILES string of the molecule is CCCOCCNC(=O)c1ccc(C)c(N(C)CCC)c1. The number of carbonyl (C=O) groups excluding carboxylic acids is 1. The lowest BCUT2D eigenvalue weighted by atomic mass is 10.1. The van der Waals surface area contributed by atoms with Crippen LogP contribution >= 0.6 is 0 Å². The normalized spacial score (nSPS) is 10.5. The molecule has 4 nitrogen and oxygen atoms in total. The van der Waals surface area contributed by atoms with Gasteiger partial charge in [-0.05, 0) is 37.5 Å². The number of rotatable bonds is 9. The molecule has 0 aliphatic carbocycles. The molecule has 0 saturated heterocycles. The van der Waals surface area contributed by atoms with Gasteiger partial charge < -0.3 is 15.0 Å². The first-order chi connectivity index (χ1) is 10.1. The third kappa shape index (κ3) is 5.76. The summed E-state index contributed by atoms with van der Waals surface area (Å²) >= 11 is 0. The van der Waals surface area contributed by atoms with Gasteiger partial charge in [0.25, 0.3) is 5.91 Å². The standard InChI is InChI=1S/C17H28N2O2/c1-5-10-19(4)16-13-15(8-7-14(16)3)17(20)18-9-12-21-11-6-2/h7-8,13H,5-6,9-12H2,1-4H3,(H,18,20). The first-order valence-electron chi connectivity index (χ1n) is 7.77. The Morgan fingerprint density at radius 1 is 1.24 bits per heavy atom. The molecule has 0 spiro atoms. The minimum absolute atomic E-state index is 0.0405. The van der Waals surface area contributed by atoms with Crippen LogP contribution in [0, 0.1) is 6.92 Å². The molecule has 1 N–H and O–H groups in total. The molecule has 1 rings (SSSR count). The number of carbonyl (C=O) groups is 1. The van der Waals surface area contributed by atoms with Crippen LogP contribution in [0.1, 0.15) is 42.6 Å².